The fourth-order valence-electron chi connectivity index (χ4n) is 3.40. The van der Waals surface area contributed by atoms with Crippen LogP contribution in [-0.2, 0) is 0 Å². The summed E-state index contributed by atoms with van der Waals surface area (Å²) < 4.78 is 6.20. The highest BCUT2D eigenvalue weighted by Crippen LogP contribution is 2.27. The van der Waals surface area contributed by atoms with Crippen molar-refractivity contribution in [3.63, 3.8) is 0 Å². The Morgan fingerprint density at radius 1 is 1.44 bits per heavy atom. The van der Waals surface area contributed by atoms with Crippen molar-refractivity contribution in [1.82, 2.24) is 20.1 Å². The number of carbonyl (C=O) groups excluding carboxylic acids is 2. The molecule has 8 nitrogen and oxygen atoms in total. The molecule has 2 rings (SSSR count). The molecule has 3 atom stereocenters. The lowest BCUT2D eigenvalue weighted by Gasteiger charge is -2.37. The molecule has 0 saturated heterocycles. The molecule has 1 aliphatic heterocycles. The highest BCUT2D eigenvalue weighted by molar-refractivity contribution is 5.97. The monoisotopic (exact) mass is 444 g/mol. The van der Waals surface area contributed by atoms with E-state index in [2.05, 4.69) is 29.1 Å². The second kappa shape index (κ2) is 12.3. The summed E-state index contributed by atoms with van der Waals surface area (Å²) in [4.78, 5) is 33.3. The number of aliphatic hydroxyl groups excluding tert-OH is 1. The van der Waals surface area contributed by atoms with Gasteiger partial charge in [0.15, 0.2) is 0 Å². The molecule has 2 heterocycles. The summed E-state index contributed by atoms with van der Waals surface area (Å²) in [6, 6.07) is 1.17. The van der Waals surface area contributed by atoms with Crippen molar-refractivity contribution in [3.05, 3.63) is 23.4 Å². The lowest BCUT2D eigenvalue weighted by molar-refractivity contribution is 0.0352. The van der Waals surface area contributed by atoms with Crippen LogP contribution in [0, 0.1) is 17.8 Å². The average Bonchev–Trinajstić information content (AvgIpc) is 2.79. The molecule has 0 unspecified atom stereocenters. The molecule has 3 amide bonds. The first kappa shape index (κ1) is 25.5. The molecule has 32 heavy (non-hydrogen) atoms. The predicted octanol–water partition coefficient (Wildman–Crippen LogP) is 2.50. The van der Waals surface area contributed by atoms with Gasteiger partial charge in [0, 0.05) is 44.2 Å². The number of unbranched alkanes of at least 4 members (excludes halogenated alkanes) is 1. The first-order valence-electron chi connectivity index (χ1n) is 11.4. The zero-order valence-electron chi connectivity index (χ0n) is 19.9. The van der Waals surface area contributed by atoms with E-state index in [0.717, 1.165) is 19.3 Å². The molecular weight excluding hydrogens is 408 g/mol. The Labute approximate surface area is 191 Å². The molecule has 1 aliphatic rings. The number of ether oxygens (including phenoxy) is 1. The summed E-state index contributed by atoms with van der Waals surface area (Å²) >= 11 is 0. The van der Waals surface area contributed by atoms with E-state index in [1.165, 1.54) is 0 Å². The minimum atomic E-state index is -0.378. The van der Waals surface area contributed by atoms with Gasteiger partial charge in [-0.3, -0.25) is 4.79 Å². The van der Waals surface area contributed by atoms with Gasteiger partial charge in [0.2, 0.25) is 5.88 Å². The number of amides is 3. The van der Waals surface area contributed by atoms with E-state index < -0.39 is 0 Å². The molecule has 2 N–H and O–H groups in total. The summed E-state index contributed by atoms with van der Waals surface area (Å²) in [5.41, 5.74) is 0.968. The number of carbonyl (C=O) groups is 2. The molecule has 8 heteroatoms. The lowest BCUT2D eigenvalue weighted by atomic mass is 10.00. The van der Waals surface area contributed by atoms with E-state index in [1.807, 2.05) is 20.8 Å². The molecule has 0 aliphatic carbocycles. The Morgan fingerprint density at radius 3 is 2.84 bits per heavy atom. The Hall–Kier alpha value is -2.79. The molecular formula is C24H36N4O4. The van der Waals surface area contributed by atoms with Crippen LogP contribution in [0.3, 0.4) is 0 Å². The Kier molecular flexibility index (Phi) is 9.79. The Bertz CT molecular complexity index is 848. The van der Waals surface area contributed by atoms with Crippen molar-refractivity contribution in [2.75, 3.05) is 33.3 Å². The third-order valence-corrected chi connectivity index (χ3v) is 5.46. The van der Waals surface area contributed by atoms with Gasteiger partial charge < -0.3 is 25.0 Å². The maximum atomic E-state index is 13.3. The van der Waals surface area contributed by atoms with Gasteiger partial charge in [-0.25, -0.2) is 9.78 Å². The lowest BCUT2D eigenvalue weighted by Crippen LogP contribution is -2.51. The molecule has 0 spiro atoms. The largest absolute Gasteiger partial charge is 0.472 e. The molecule has 0 saturated carbocycles. The summed E-state index contributed by atoms with van der Waals surface area (Å²) in [5.74, 6) is 6.01. The van der Waals surface area contributed by atoms with E-state index in [1.54, 1.807) is 29.1 Å². The van der Waals surface area contributed by atoms with Crippen LogP contribution >= 0.6 is 0 Å². The van der Waals surface area contributed by atoms with E-state index in [-0.39, 0.29) is 42.5 Å². The number of aromatic nitrogens is 1. The van der Waals surface area contributed by atoms with Crippen molar-refractivity contribution < 1.29 is 19.4 Å². The van der Waals surface area contributed by atoms with Crippen molar-refractivity contribution >= 4 is 11.9 Å². The van der Waals surface area contributed by atoms with E-state index in [0.29, 0.717) is 30.8 Å². The van der Waals surface area contributed by atoms with Gasteiger partial charge in [-0.2, -0.15) is 0 Å². The predicted molar refractivity (Wildman–Crippen MR) is 124 cm³/mol. The van der Waals surface area contributed by atoms with Crippen molar-refractivity contribution in [1.29, 1.82) is 0 Å². The molecule has 1 aromatic rings. The highest BCUT2D eigenvalue weighted by Gasteiger charge is 2.34. The molecule has 1 aromatic heterocycles. The number of fused-ring (bicyclic) bond motifs is 1. The third kappa shape index (κ3) is 6.60. The van der Waals surface area contributed by atoms with Gasteiger partial charge in [0.1, 0.15) is 11.7 Å². The van der Waals surface area contributed by atoms with Gasteiger partial charge >= 0.3 is 6.03 Å². The van der Waals surface area contributed by atoms with Gasteiger partial charge in [-0.1, -0.05) is 32.6 Å². The second-order valence-corrected chi connectivity index (χ2v) is 8.36. The van der Waals surface area contributed by atoms with Crippen LogP contribution in [0.15, 0.2) is 12.3 Å². The molecule has 0 fully saturated rings. The zero-order chi connectivity index (χ0) is 23.7. The molecule has 0 aromatic carbocycles. The van der Waals surface area contributed by atoms with Crippen molar-refractivity contribution in [2.45, 2.75) is 59.1 Å². The number of rotatable bonds is 7. The maximum Gasteiger partial charge on any atom is 0.317 e. The van der Waals surface area contributed by atoms with Gasteiger partial charge in [0.05, 0.1) is 19.2 Å². The number of pyridine rings is 1. The summed E-state index contributed by atoms with van der Waals surface area (Å²) in [5, 5.41) is 12.6. The molecule has 176 valence electrons. The Morgan fingerprint density at radius 2 is 2.19 bits per heavy atom. The number of nitrogens with one attached hydrogen (secondary N) is 1. The first-order valence-corrected chi connectivity index (χ1v) is 11.4. The quantitative estimate of drug-likeness (QED) is 0.630. The van der Waals surface area contributed by atoms with E-state index >= 15 is 0 Å². The van der Waals surface area contributed by atoms with E-state index in [9.17, 15) is 14.7 Å². The fourth-order valence-corrected chi connectivity index (χ4v) is 3.40. The van der Waals surface area contributed by atoms with Crippen LogP contribution in [-0.4, -0.2) is 77.3 Å². The number of aliphatic hydroxyl groups is 1. The van der Waals surface area contributed by atoms with Crippen LogP contribution in [0.2, 0.25) is 0 Å². The summed E-state index contributed by atoms with van der Waals surface area (Å²) in [6.45, 7) is 9.02. The summed E-state index contributed by atoms with van der Waals surface area (Å²) in [7, 11) is 1.72. The minimum Gasteiger partial charge on any atom is -0.472 e. The Balaban J connectivity index is 2.38. The molecule has 0 bridgehead atoms. The van der Waals surface area contributed by atoms with Crippen molar-refractivity contribution in [2.24, 2.45) is 5.92 Å². The van der Waals surface area contributed by atoms with E-state index in [4.69, 9.17) is 4.74 Å². The van der Waals surface area contributed by atoms with Crippen LogP contribution in [0.4, 0.5) is 4.79 Å². The highest BCUT2D eigenvalue weighted by atomic mass is 16.5. The number of likely N-dealkylation sites (N-methyl/N-ethyl adjacent to an activating group) is 1. The smallest absolute Gasteiger partial charge is 0.317 e. The standard InChI is InChI=1S/C24H36N4O4/c1-6-8-9-10-19-12-20-22(26-13-19)32-21(15-27(5)24(31)25-11-7-2)17(3)14-28(23(20)30)18(4)16-29/h12-13,17-18,21,29H,6-8,11,14-16H2,1-5H3,(H,25,31)/t17-,18-,21-/m0/s1. The normalized spacial score (nSPS) is 18.9. The second-order valence-electron chi connectivity index (χ2n) is 8.36. The zero-order valence-corrected chi connectivity index (χ0v) is 19.9. The first-order chi connectivity index (χ1) is 15.3. The van der Waals surface area contributed by atoms with Crippen LogP contribution < -0.4 is 10.1 Å². The number of urea groups is 1. The molecule has 0 radical (unpaired) electrons. The van der Waals surface area contributed by atoms with Crippen molar-refractivity contribution in [3.8, 4) is 17.7 Å². The summed E-state index contributed by atoms with van der Waals surface area (Å²) in [6.07, 6.45) is 3.80. The SMILES string of the molecule is CCCC#Cc1cnc2c(c1)C(=O)N([C@@H](C)CO)C[C@H](C)[C@H](CN(C)C(=O)NCCC)O2. The topological polar surface area (TPSA) is 95.0 Å². The minimum absolute atomic E-state index is 0.0895. The average molecular weight is 445 g/mol. The van der Waals surface area contributed by atoms with Gasteiger partial charge in [0.25, 0.3) is 5.91 Å². The van der Waals surface area contributed by atoms with Gasteiger partial charge in [-0.05, 0) is 25.8 Å². The number of hydrogen-bond donors (Lipinski definition) is 2. The van der Waals surface area contributed by atoms with Crippen LogP contribution in [0.5, 0.6) is 5.88 Å². The maximum absolute atomic E-state index is 13.3. The third-order valence-electron chi connectivity index (χ3n) is 5.46. The van der Waals surface area contributed by atoms with Crippen LogP contribution in [0.25, 0.3) is 0 Å². The fraction of sp³-hybridized carbons (Fsp3) is 0.625. The van der Waals surface area contributed by atoms with Gasteiger partial charge in [-0.15, -0.1) is 0 Å². The number of hydrogen-bond acceptors (Lipinski definition) is 5. The van der Waals surface area contributed by atoms with Crippen LogP contribution in [0.1, 0.15) is 62.9 Å². The number of nitrogens with zero attached hydrogens (tertiary/aromatic N) is 3.